The van der Waals surface area contributed by atoms with E-state index < -0.39 is 0 Å². The molecule has 5 heteroatoms. The SMILES string of the molecule is CC[C@@H](Sc1ccc(Cl)cc1)C(=O)N[C@@H]1CC(CC)(CC)Oc2ccccc21. The molecule has 1 N–H and O–H groups in total. The number of carbonyl (C=O) groups is 1. The van der Waals surface area contributed by atoms with Gasteiger partial charge in [-0.1, -0.05) is 50.6 Å². The Balaban J connectivity index is 1.78. The zero-order valence-corrected chi connectivity index (χ0v) is 18.3. The second kappa shape index (κ2) is 9.23. The molecule has 0 aliphatic carbocycles. The Morgan fingerprint density at radius 1 is 1.18 bits per heavy atom. The van der Waals surface area contributed by atoms with Gasteiger partial charge in [0.1, 0.15) is 11.4 Å². The minimum Gasteiger partial charge on any atom is -0.487 e. The van der Waals surface area contributed by atoms with E-state index in [0.29, 0.717) is 5.02 Å². The maximum absolute atomic E-state index is 13.1. The fourth-order valence-electron chi connectivity index (χ4n) is 3.69. The van der Waals surface area contributed by atoms with E-state index in [1.807, 2.05) is 49.4 Å². The summed E-state index contributed by atoms with van der Waals surface area (Å²) in [5.41, 5.74) is 0.844. The van der Waals surface area contributed by atoms with Gasteiger partial charge in [0.15, 0.2) is 0 Å². The third kappa shape index (κ3) is 4.66. The number of halogens is 1. The molecule has 2 atom stereocenters. The van der Waals surface area contributed by atoms with Crippen LogP contribution in [0.3, 0.4) is 0 Å². The molecule has 2 aromatic rings. The molecule has 1 aliphatic heterocycles. The summed E-state index contributed by atoms with van der Waals surface area (Å²) in [7, 11) is 0. The van der Waals surface area contributed by atoms with Gasteiger partial charge in [0.05, 0.1) is 11.3 Å². The Kier molecular flexibility index (Phi) is 6.95. The Labute approximate surface area is 177 Å². The van der Waals surface area contributed by atoms with Gasteiger partial charge >= 0.3 is 0 Å². The number of para-hydroxylation sites is 1. The Bertz CT molecular complexity index is 805. The summed E-state index contributed by atoms with van der Waals surface area (Å²) in [6.07, 6.45) is 3.39. The van der Waals surface area contributed by atoms with E-state index >= 15 is 0 Å². The molecule has 0 unspecified atom stereocenters. The van der Waals surface area contributed by atoms with Crippen LogP contribution >= 0.6 is 23.4 Å². The van der Waals surface area contributed by atoms with Crippen molar-refractivity contribution in [3.05, 3.63) is 59.1 Å². The molecule has 0 spiro atoms. The maximum atomic E-state index is 13.1. The summed E-state index contributed by atoms with van der Waals surface area (Å²) < 4.78 is 6.35. The van der Waals surface area contributed by atoms with Crippen molar-refractivity contribution in [1.82, 2.24) is 5.32 Å². The first kappa shape index (κ1) is 21.1. The lowest BCUT2D eigenvalue weighted by atomic mass is 9.83. The van der Waals surface area contributed by atoms with Crippen LogP contribution in [0.1, 0.15) is 58.1 Å². The first-order valence-electron chi connectivity index (χ1n) is 10.0. The van der Waals surface area contributed by atoms with E-state index in [9.17, 15) is 4.79 Å². The van der Waals surface area contributed by atoms with Crippen molar-refractivity contribution in [1.29, 1.82) is 0 Å². The number of thioether (sulfide) groups is 1. The first-order valence-corrected chi connectivity index (χ1v) is 11.3. The van der Waals surface area contributed by atoms with Gasteiger partial charge in [0.2, 0.25) is 5.91 Å². The molecule has 3 rings (SSSR count). The normalized spacial score (nSPS) is 18.6. The van der Waals surface area contributed by atoms with Gasteiger partial charge < -0.3 is 10.1 Å². The number of benzene rings is 2. The predicted molar refractivity (Wildman–Crippen MR) is 117 cm³/mol. The largest absolute Gasteiger partial charge is 0.487 e. The van der Waals surface area contributed by atoms with Crippen LogP contribution in [0.25, 0.3) is 0 Å². The fourth-order valence-corrected chi connectivity index (χ4v) is 4.78. The van der Waals surface area contributed by atoms with E-state index in [2.05, 4.69) is 25.2 Å². The van der Waals surface area contributed by atoms with Gasteiger partial charge in [-0.2, -0.15) is 0 Å². The summed E-state index contributed by atoms with van der Waals surface area (Å²) in [4.78, 5) is 14.2. The molecule has 1 amide bonds. The molecule has 0 fully saturated rings. The number of ether oxygens (including phenoxy) is 1. The van der Waals surface area contributed by atoms with Gasteiger partial charge in [-0.05, 0) is 49.6 Å². The molecule has 28 heavy (non-hydrogen) atoms. The van der Waals surface area contributed by atoms with E-state index in [-0.39, 0.29) is 22.8 Å². The van der Waals surface area contributed by atoms with Crippen molar-refractivity contribution in [3.8, 4) is 5.75 Å². The second-order valence-electron chi connectivity index (χ2n) is 7.26. The van der Waals surface area contributed by atoms with Gasteiger partial charge in [-0.3, -0.25) is 4.79 Å². The summed E-state index contributed by atoms with van der Waals surface area (Å²) >= 11 is 7.56. The molecule has 1 aliphatic rings. The summed E-state index contributed by atoms with van der Waals surface area (Å²) in [6.45, 7) is 6.36. The molecule has 150 valence electrons. The lowest BCUT2D eigenvalue weighted by molar-refractivity contribution is -0.122. The lowest BCUT2D eigenvalue weighted by Gasteiger charge is -2.42. The quantitative estimate of drug-likeness (QED) is 0.529. The molecule has 0 bridgehead atoms. The van der Waals surface area contributed by atoms with Crippen molar-refractivity contribution in [2.75, 3.05) is 0 Å². The highest BCUT2D eigenvalue weighted by Crippen LogP contribution is 2.43. The van der Waals surface area contributed by atoms with Gasteiger partial charge in [0, 0.05) is 21.9 Å². The molecule has 0 saturated carbocycles. The van der Waals surface area contributed by atoms with Crippen molar-refractivity contribution in [2.24, 2.45) is 0 Å². The highest BCUT2D eigenvalue weighted by molar-refractivity contribution is 8.00. The number of rotatable bonds is 7. The van der Waals surface area contributed by atoms with E-state index in [1.165, 1.54) is 0 Å². The van der Waals surface area contributed by atoms with E-state index in [0.717, 1.165) is 41.9 Å². The molecular formula is C23H28ClNO2S. The Hall–Kier alpha value is -1.65. The van der Waals surface area contributed by atoms with Crippen LogP contribution < -0.4 is 10.1 Å². The van der Waals surface area contributed by atoms with E-state index in [4.69, 9.17) is 16.3 Å². The van der Waals surface area contributed by atoms with Crippen LogP contribution in [-0.4, -0.2) is 16.8 Å². The number of hydrogen-bond donors (Lipinski definition) is 1. The van der Waals surface area contributed by atoms with Gasteiger partial charge in [0.25, 0.3) is 0 Å². The first-order chi connectivity index (χ1) is 13.5. The van der Waals surface area contributed by atoms with Crippen LogP contribution in [0.5, 0.6) is 5.75 Å². The smallest absolute Gasteiger partial charge is 0.233 e. The summed E-state index contributed by atoms with van der Waals surface area (Å²) in [5.74, 6) is 0.964. The number of hydrogen-bond acceptors (Lipinski definition) is 3. The lowest BCUT2D eigenvalue weighted by Crippen LogP contribution is -2.46. The third-order valence-corrected chi connectivity index (χ3v) is 7.19. The number of amides is 1. The Morgan fingerprint density at radius 3 is 2.50 bits per heavy atom. The zero-order valence-electron chi connectivity index (χ0n) is 16.7. The van der Waals surface area contributed by atoms with Crippen LogP contribution in [0.2, 0.25) is 5.02 Å². The van der Waals surface area contributed by atoms with Crippen LogP contribution in [-0.2, 0) is 4.79 Å². The highest BCUT2D eigenvalue weighted by atomic mass is 35.5. The minimum atomic E-state index is -0.225. The van der Waals surface area contributed by atoms with Crippen molar-refractivity contribution >= 4 is 29.3 Å². The monoisotopic (exact) mass is 417 g/mol. The molecule has 1 heterocycles. The maximum Gasteiger partial charge on any atom is 0.233 e. The van der Waals surface area contributed by atoms with Crippen LogP contribution in [0, 0.1) is 0 Å². The summed E-state index contributed by atoms with van der Waals surface area (Å²) in [5, 5.41) is 3.88. The van der Waals surface area contributed by atoms with Crippen molar-refractivity contribution in [3.63, 3.8) is 0 Å². The molecule has 0 aromatic heterocycles. The summed E-state index contributed by atoms with van der Waals surface area (Å²) in [6, 6.07) is 15.7. The molecule has 0 saturated heterocycles. The zero-order chi connectivity index (χ0) is 20.1. The standard InChI is InChI=1S/C23H28ClNO2S/c1-4-21(28-17-13-11-16(24)12-14-17)22(26)25-19-15-23(5-2,6-3)27-20-10-8-7-9-18(19)20/h7-14,19,21H,4-6,15H2,1-3H3,(H,25,26)/t19-,21-/m1/s1. The topological polar surface area (TPSA) is 38.3 Å². The highest BCUT2D eigenvalue weighted by Gasteiger charge is 2.39. The number of nitrogens with one attached hydrogen (secondary N) is 1. The Morgan fingerprint density at radius 2 is 1.86 bits per heavy atom. The van der Waals surface area contributed by atoms with Crippen LogP contribution in [0.4, 0.5) is 0 Å². The van der Waals surface area contributed by atoms with Crippen LogP contribution in [0.15, 0.2) is 53.4 Å². The molecule has 0 radical (unpaired) electrons. The van der Waals surface area contributed by atoms with Crippen molar-refractivity contribution < 1.29 is 9.53 Å². The molecule has 3 nitrogen and oxygen atoms in total. The minimum absolute atomic E-state index is 0.0304. The van der Waals surface area contributed by atoms with Gasteiger partial charge in [-0.25, -0.2) is 0 Å². The van der Waals surface area contributed by atoms with Gasteiger partial charge in [-0.15, -0.1) is 11.8 Å². The second-order valence-corrected chi connectivity index (χ2v) is 8.98. The third-order valence-electron chi connectivity index (χ3n) is 5.56. The van der Waals surface area contributed by atoms with Crippen molar-refractivity contribution in [2.45, 2.75) is 68.2 Å². The fraction of sp³-hybridized carbons (Fsp3) is 0.435. The predicted octanol–water partition coefficient (Wildman–Crippen LogP) is 6.41. The number of carbonyl (C=O) groups excluding carboxylic acids is 1. The molecule has 2 aromatic carbocycles. The average Bonchev–Trinajstić information content (AvgIpc) is 2.73. The molecular weight excluding hydrogens is 390 g/mol. The number of fused-ring (bicyclic) bond motifs is 1. The average molecular weight is 418 g/mol. The van der Waals surface area contributed by atoms with E-state index in [1.54, 1.807) is 11.8 Å².